The monoisotopic (exact) mass is 382 g/mol. The van der Waals surface area contributed by atoms with Crippen LogP contribution in [0, 0.1) is 11.7 Å². The number of carbonyl (C=O) groups excluding carboxylic acids is 1. The van der Waals surface area contributed by atoms with Crippen molar-refractivity contribution in [3.63, 3.8) is 0 Å². The second-order valence-electron chi connectivity index (χ2n) is 8.43. The van der Waals surface area contributed by atoms with Crippen LogP contribution in [-0.2, 0) is 0 Å². The van der Waals surface area contributed by atoms with E-state index in [0.717, 1.165) is 25.1 Å². The van der Waals surface area contributed by atoms with Crippen molar-refractivity contribution in [3.8, 4) is 5.75 Å². The first-order valence-electron chi connectivity index (χ1n) is 9.88. The van der Waals surface area contributed by atoms with Crippen LogP contribution in [0.5, 0.6) is 5.75 Å². The fourth-order valence-electron chi connectivity index (χ4n) is 5.07. The third kappa shape index (κ3) is 3.23. The Labute approximate surface area is 165 Å². The summed E-state index contributed by atoms with van der Waals surface area (Å²) in [5.74, 6) is 0.838. The van der Waals surface area contributed by atoms with E-state index in [1.807, 2.05) is 41.3 Å². The zero-order chi connectivity index (χ0) is 19.9. The second-order valence-corrected chi connectivity index (χ2v) is 8.43. The topological polar surface area (TPSA) is 32.8 Å². The van der Waals surface area contributed by atoms with Gasteiger partial charge in [0.15, 0.2) is 0 Å². The number of piperidine rings is 1. The highest BCUT2D eigenvalue weighted by molar-refractivity contribution is 5.97. The summed E-state index contributed by atoms with van der Waals surface area (Å²) >= 11 is 0. The molecule has 2 heterocycles. The van der Waals surface area contributed by atoms with Crippen LogP contribution < -0.4 is 9.64 Å². The van der Waals surface area contributed by atoms with E-state index in [-0.39, 0.29) is 17.3 Å². The van der Waals surface area contributed by atoms with E-state index >= 15 is 0 Å². The number of carbonyl (C=O) groups is 1. The lowest BCUT2D eigenvalue weighted by atomic mass is 9.89. The van der Waals surface area contributed by atoms with Crippen LogP contribution >= 0.6 is 0 Å². The van der Waals surface area contributed by atoms with Crippen molar-refractivity contribution >= 4 is 11.6 Å². The number of amides is 1. The second kappa shape index (κ2) is 7.12. The summed E-state index contributed by atoms with van der Waals surface area (Å²) in [6.07, 6.45) is 1.91. The minimum absolute atomic E-state index is 0.0311. The molecule has 0 spiro atoms. The van der Waals surface area contributed by atoms with Crippen molar-refractivity contribution in [1.82, 2.24) is 4.90 Å². The first-order valence-corrected chi connectivity index (χ1v) is 9.88. The van der Waals surface area contributed by atoms with Crippen LogP contribution in [0.25, 0.3) is 0 Å². The number of nitrogens with zero attached hydrogens (tertiary/aromatic N) is 2. The summed E-state index contributed by atoms with van der Waals surface area (Å²) in [4.78, 5) is 17.5. The van der Waals surface area contributed by atoms with Crippen LogP contribution in [0.1, 0.15) is 37.0 Å². The van der Waals surface area contributed by atoms with Gasteiger partial charge in [0.2, 0.25) is 0 Å². The summed E-state index contributed by atoms with van der Waals surface area (Å²) in [5, 5.41) is 0. The molecule has 4 nitrogen and oxygen atoms in total. The molecule has 2 saturated heterocycles. The van der Waals surface area contributed by atoms with Gasteiger partial charge in [-0.15, -0.1) is 0 Å². The Bertz CT molecular complexity index is 865. The molecule has 0 aliphatic carbocycles. The number of likely N-dealkylation sites (tertiary alicyclic amines) is 1. The molecule has 148 valence electrons. The van der Waals surface area contributed by atoms with Crippen molar-refractivity contribution in [2.45, 2.75) is 38.3 Å². The third-order valence-electron chi connectivity index (χ3n) is 6.17. The largest absolute Gasteiger partial charge is 0.496 e. The maximum Gasteiger partial charge on any atom is 0.257 e. The van der Waals surface area contributed by atoms with Gasteiger partial charge in [-0.05, 0) is 69.0 Å². The van der Waals surface area contributed by atoms with Gasteiger partial charge in [0.05, 0.1) is 12.7 Å². The summed E-state index contributed by atoms with van der Waals surface area (Å²) in [7, 11) is 1.60. The van der Waals surface area contributed by atoms with Gasteiger partial charge in [0.1, 0.15) is 11.6 Å². The van der Waals surface area contributed by atoms with E-state index in [4.69, 9.17) is 4.74 Å². The average Bonchev–Trinajstić information content (AvgIpc) is 2.97. The van der Waals surface area contributed by atoms with E-state index in [9.17, 15) is 9.18 Å². The SMILES string of the molecule is COc1ccccc1C(=O)N1CC[C@H]2[C@@H](C1)CC(C)(C)N2c1ccc(F)cc1. The molecule has 5 heteroatoms. The summed E-state index contributed by atoms with van der Waals surface area (Å²) in [6, 6.07) is 14.6. The molecule has 1 amide bonds. The Hall–Kier alpha value is -2.56. The number of hydrogen-bond acceptors (Lipinski definition) is 3. The molecule has 0 unspecified atom stereocenters. The normalized spacial score (nSPS) is 23.4. The van der Waals surface area contributed by atoms with Crippen LogP contribution in [-0.4, -0.2) is 42.6 Å². The van der Waals surface area contributed by atoms with Gasteiger partial charge in [-0.2, -0.15) is 0 Å². The molecular formula is C23H27FN2O2. The molecule has 2 aromatic carbocycles. The summed E-state index contributed by atoms with van der Waals surface area (Å²) < 4.78 is 18.8. The quantitative estimate of drug-likeness (QED) is 0.791. The molecule has 0 saturated carbocycles. The summed E-state index contributed by atoms with van der Waals surface area (Å²) in [6.45, 7) is 5.93. The number of rotatable bonds is 3. The number of benzene rings is 2. The zero-order valence-electron chi connectivity index (χ0n) is 16.7. The molecular weight excluding hydrogens is 355 g/mol. The molecule has 28 heavy (non-hydrogen) atoms. The number of anilines is 1. The van der Waals surface area contributed by atoms with Crippen molar-refractivity contribution in [3.05, 3.63) is 59.9 Å². The zero-order valence-corrected chi connectivity index (χ0v) is 16.7. The Morgan fingerprint density at radius 2 is 1.86 bits per heavy atom. The van der Waals surface area contributed by atoms with Crippen molar-refractivity contribution in [2.24, 2.45) is 5.92 Å². The van der Waals surface area contributed by atoms with E-state index in [1.54, 1.807) is 7.11 Å². The van der Waals surface area contributed by atoms with E-state index in [1.165, 1.54) is 12.1 Å². The van der Waals surface area contributed by atoms with Crippen LogP contribution in [0.2, 0.25) is 0 Å². The third-order valence-corrected chi connectivity index (χ3v) is 6.17. The lowest BCUT2D eigenvalue weighted by Gasteiger charge is -2.42. The fourth-order valence-corrected chi connectivity index (χ4v) is 5.07. The van der Waals surface area contributed by atoms with Crippen molar-refractivity contribution in [2.75, 3.05) is 25.1 Å². The van der Waals surface area contributed by atoms with Crippen LogP contribution in [0.3, 0.4) is 0 Å². The van der Waals surface area contributed by atoms with Gasteiger partial charge < -0.3 is 14.5 Å². The highest BCUT2D eigenvalue weighted by Gasteiger charge is 2.48. The lowest BCUT2D eigenvalue weighted by molar-refractivity contribution is 0.0664. The van der Waals surface area contributed by atoms with Gasteiger partial charge in [-0.1, -0.05) is 12.1 Å². The first kappa shape index (κ1) is 18.8. The van der Waals surface area contributed by atoms with Crippen LogP contribution in [0.4, 0.5) is 10.1 Å². The van der Waals surface area contributed by atoms with E-state index in [2.05, 4.69) is 18.7 Å². The molecule has 2 aromatic rings. The standard InChI is InChI=1S/C23H27FN2O2/c1-23(2)14-16-15-25(22(27)19-6-4-5-7-21(19)28-3)13-12-20(16)26(23)18-10-8-17(24)9-11-18/h4-11,16,20H,12-15H2,1-3H3/t16-,20+/m1/s1. The molecule has 0 N–H and O–H groups in total. The molecule has 0 radical (unpaired) electrons. The minimum Gasteiger partial charge on any atom is -0.496 e. The fraction of sp³-hybridized carbons (Fsp3) is 0.435. The Morgan fingerprint density at radius 3 is 2.57 bits per heavy atom. The predicted molar refractivity (Wildman–Crippen MR) is 108 cm³/mol. The number of hydrogen-bond donors (Lipinski definition) is 0. The Balaban J connectivity index is 1.55. The number of ether oxygens (including phenoxy) is 1. The maximum atomic E-state index is 13.4. The van der Waals surface area contributed by atoms with Gasteiger partial charge >= 0.3 is 0 Å². The minimum atomic E-state index is -0.213. The maximum absolute atomic E-state index is 13.4. The number of halogens is 1. The Kier molecular flexibility index (Phi) is 4.77. The Morgan fingerprint density at radius 1 is 1.14 bits per heavy atom. The molecule has 0 aromatic heterocycles. The van der Waals surface area contributed by atoms with Gasteiger partial charge in [-0.25, -0.2) is 4.39 Å². The highest BCUT2D eigenvalue weighted by atomic mass is 19.1. The molecule has 2 aliphatic rings. The molecule has 2 aliphatic heterocycles. The number of para-hydroxylation sites is 1. The number of methoxy groups -OCH3 is 1. The van der Waals surface area contributed by atoms with Gasteiger partial charge in [0, 0.05) is 30.4 Å². The van der Waals surface area contributed by atoms with Crippen molar-refractivity contribution < 1.29 is 13.9 Å². The molecule has 0 bridgehead atoms. The van der Waals surface area contributed by atoms with E-state index in [0.29, 0.717) is 29.8 Å². The molecule has 2 atom stereocenters. The molecule has 4 rings (SSSR count). The smallest absolute Gasteiger partial charge is 0.257 e. The first-order chi connectivity index (χ1) is 13.4. The number of fused-ring (bicyclic) bond motifs is 1. The van der Waals surface area contributed by atoms with Gasteiger partial charge in [-0.3, -0.25) is 4.79 Å². The highest BCUT2D eigenvalue weighted by Crippen LogP contribution is 2.44. The van der Waals surface area contributed by atoms with Crippen molar-refractivity contribution in [1.29, 1.82) is 0 Å². The van der Waals surface area contributed by atoms with Crippen LogP contribution in [0.15, 0.2) is 48.5 Å². The van der Waals surface area contributed by atoms with Gasteiger partial charge in [0.25, 0.3) is 5.91 Å². The lowest BCUT2D eigenvalue weighted by Crippen LogP contribution is -2.50. The average molecular weight is 382 g/mol. The van der Waals surface area contributed by atoms with E-state index < -0.39 is 0 Å². The predicted octanol–water partition coefficient (Wildman–Crippen LogP) is 4.35. The summed E-state index contributed by atoms with van der Waals surface area (Å²) in [5.41, 5.74) is 1.65. The molecule has 2 fully saturated rings.